The first-order valence-corrected chi connectivity index (χ1v) is 6.80. The summed E-state index contributed by atoms with van der Waals surface area (Å²) >= 11 is 11.8. The summed E-state index contributed by atoms with van der Waals surface area (Å²) in [6.07, 6.45) is -0.477. The van der Waals surface area contributed by atoms with Crippen LogP contribution in [0.2, 0.25) is 10.0 Å². The number of ether oxygens (including phenoxy) is 2. The molecule has 0 aliphatic rings. The zero-order chi connectivity index (χ0) is 16.4. The molecule has 1 heterocycles. The Balaban J connectivity index is 2.63. The molecule has 0 N–H and O–H groups in total. The molecule has 0 bridgehead atoms. The van der Waals surface area contributed by atoms with Crippen LogP contribution < -0.4 is 5.43 Å². The average Bonchev–Trinajstić information content (AvgIpc) is 2.38. The van der Waals surface area contributed by atoms with E-state index >= 15 is 0 Å². The maximum atomic E-state index is 12.5. The Kier molecular flexibility index (Phi) is 4.73. The van der Waals surface area contributed by atoms with Crippen molar-refractivity contribution in [2.75, 3.05) is 0 Å². The Morgan fingerprint density at radius 1 is 1.14 bits per heavy atom. The highest BCUT2D eigenvalue weighted by atomic mass is 35.5. The molecule has 0 unspecified atom stereocenters. The van der Waals surface area contributed by atoms with E-state index in [4.69, 9.17) is 37.1 Å². The lowest BCUT2D eigenvalue weighted by Gasteiger charge is -2.16. The van der Waals surface area contributed by atoms with Gasteiger partial charge in [0, 0.05) is 18.9 Å². The number of carbonyl (C=O) groups excluding carboxylic acids is 2. The molecular formula is C14H10Cl2O6. The van der Waals surface area contributed by atoms with Crippen LogP contribution in [0, 0.1) is 0 Å². The lowest BCUT2D eigenvalue weighted by Crippen LogP contribution is -2.21. The third-order valence-electron chi connectivity index (χ3n) is 2.62. The van der Waals surface area contributed by atoms with E-state index in [1.807, 2.05) is 0 Å². The van der Waals surface area contributed by atoms with Gasteiger partial charge >= 0.3 is 11.9 Å². The number of rotatable bonds is 3. The monoisotopic (exact) mass is 344 g/mol. The molecule has 0 radical (unpaired) electrons. The van der Waals surface area contributed by atoms with E-state index in [1.54, 1.807) is 0 Å². The predicted octanol–water partition coefficient (Wildman–Crippen LogP) is 3.22. The highest BCUT2D eigenvalue weighted by molar-refractivity contribution is 6.38. The van der Waals surface area contributed by atoms with Gasteiger partial charge in [0.05, 0.1) is 10.4 Å². The number of halogens is 2. The van der Waals surface area contributed by atoms with Crippen LogP contribution in [0.3, 0.4) is 0 Å². The van der Waals surface area contributed by atoms with E-state index < -0.39 is 23.7 Å². The van der Waals surface area contributed by atoms with Crippen molar-refractivity contribution in [2.45, 2.75) is 20.1 Å². The van der Waals surface area contributed by atoms with Crippen LogP contribution in [-0.4, -0.2) is 11.9 Å². The summed E-state index contributed by atoms with van der Waals surface area (Å²) < 4.78 is 14.9. The van der Waals surface area contributed by atoms with Gasteiger partial charge in [-0.2, -0.15) is 0 Å². The second-order valence-corrected chi connectivity index (χ2v) is 5.18. The van der Waals surface area contributed by atoms with Crippen LogP contribution in [0.1, 0.15) is 25.7 Å². The molecule has 0 amide bonds. The van der Waals surface area contributed by atoms with E-state index in [2.05, 4.69) is 0 Å². The number of benzene rings is 1. The number of fused-ring (bicyclic) bond motifs is 1. The summed E-state index contributed by atoms with van der Waals surface area (Å²) in [4.78, 5) is 34.7. The zero-order valence-corrected chi connectivity index (χ0v) is 13.0. The molecule has 0 atom stereocenters. The molecule has 2 aromatic rings. The minimum absolute atomic E-state index is 0.0827. The van der Waals surface area contributed by atoms with Crippen LogP contribution in [0.5, 0.6) is 0 Å². The summed E-state index contributed by atoms with van der Waals surface area (Å²) in [5, 5.41) is 0.473. The van der Waals surface area contributed by atoms with Crippen molar-refractivity contribution in [1.29, 1.82) is 0 Å². The van der Waals surface area contributed by atoms with Crippen LogP contribution in [0.25, 0.3) is 11.0 Å². The number of hydrogen-bond acceptors (Lipinski definition) is 6. The highest BCUT2D eigenvalue weighted by Gasteiger charge is 2.24. The first kappa shape index (κ1) is 16.3. The molecule has 8 heteroatoms. The standard InChI is InChI=1S/C14H10Cl2O6/c1-6(17)21-14(22-7(2)18)10-5-20-13-9(12(10)19)3-8(15)4-11(13)16/h3-5,14H,1-2H3. The van der Waals surface area contributed by atoms with Crippen LogP contribution in [-0.2, 0) is 19.1 Å². The molecule has 1 aromatic heterocycles. The first-order valence-electron chi connectivity index (χ1n) is 6.04. The van der Waals surface area contributed by atoms with Gasteiger partial charge in [-0.15, -0.1) is 0 Å². The van der Waals surface area contributed by atoms with E-state index in [1.165, 1.54) is 12.1 Å². The van der Waals surface area contributed by atoms with Gasteiger partial charge in [-0.05, 0) is 12.1 Å². The Labute approximate surface area is 134 Å². The average molecular weight is 345 g/mol. The summed E-state index contributed by atoms with van der Waals surface area (Å²) in [5.74, 6) is -1.45. The molecule has 6 nitrogen and oxygen atoms in total. The third-order valence-corrected chi connectivity index (χ3v) is 3.12. The molecular weight excluding hydrogens is 335 g/mol. The van der Waals surface area contributed by atoms with Crippen molar-refractivity contribution >= 4 is 46.1 Å². The van der Waals surface area contributed by atoms with Gasteiger partial charge < -0.3 is 13.9 Å². The van der Waals surface area contributed by atoms with Crippen molar-refractivity contribution < 1.29 is 23.5 Å². The molecule has 2 rings (SSSR count). The predicted molar refractivity (Wildman–Crippen MR) is 78.8 cm³/mol. The van der Waals surface area contributed by atoms with Gasteiger partial charge in [0.25, 0.3) is 6.29 Å². The molecule has 0 saturated carbocycles. The molecule has 0 aliphatic heterocycles. The largest absolute Gasteiger partial charge is 0.462 e. The third kappa shape index (κ3) is 3.40. The molecule has 0 saturated heterocycles. The van der Waals surface area contributed by atoms with Crippen molar-refractivity contribution in [2.24, 2.45) is 0 Å². The quantitative estimate of drug-likeness (QED) is 0.627. The summed E-state index contributed by atoms with van der Waals surface area (Å²) in [5.41, 5.74) is -0.599. The van der Waals surface area contributed by atoms with Gasteiger partial charge in [0.15, 0.2) is 5.58 Å². The molecule has 0 aliphatic carbocycles. The normalized spacial score (nSPS) is 10.8. The zero-order valence-electron chi connectivity index (χ0n) is 11.5. The minimum atomic E-state index is -1.51. The first-order chi connectivity index (χ1) is 10.3. The van der Waals surface area contributed by atoms with Crippen LogP contribution in [0.15, 0.2) is 27.6 Å². The van der Waals surface area contributed by atoms with Crippen molar-refractivity contribution in [3.05, 3.63) is 44.2 Å². The van der Waals surface area contributed by atoms with Gasteiger partial charge in [-0.25, -0.2) is 0 Å². The second kappa shape index (κ2) is 6.37. The Morgan fingerprint density at radius 3 is 2.27 bits per heavy atom. The van der Waals surface area contributed by atoms with Gasteiger partial charge in [-0.3, -0.25) is 14.4 Å². The smallest absolute Gasteiger partial charge is 0.305 e. The van der Waals surface area contributed by atoms with E-state index in [0.29, 0.717) is 0 Å². The highest BCUT2D eigenvalue weighted by Crippen LogP contribution is 2.28. The summed E-state index contributed by atoms with van der Waals surface area (Å²) in [6, 6.07) is 2.78. The summed E-state index contributed by atoms with van der Waals surface area (Å²) in [6.45, 7) is 2.24. The fourth-order valence-electron chi connectivity index (χ4n) is 1.80. The molecule has 116 valence electrons. The topological polar surface area (TPSA) is 82.8 Å². The van der Waals surface area contributed by atoms with Crippen molar-refractivity contribution in [3.8, 4) is 0 Å². The molecule has 1 aromatic carbocycles. The number of esters is 2. The van der Waals surface area contributed by atoms with E-state index in [9.17, 15) is 14.4 Å². The lowest BCUT2D eigenvalue weighted by atomic mass is 10.1. The number of hydrogen-bond donors (Lipinski definition) is 0. The Bertz CT molecular complexity index is 795. The Hall–Kier alpha value is -2.05. The van der Waals surface area contributed by atoms with E-state index in [0.717, 1.165) is 20.1 Å². The van der Waals surface area contributed by atoms with Gasteiger partial charge in [0.1, 0.15) is 11.8 Å². The van der Waals surface area contributed by atoms with E-state index in [-0.39, 0.29) is 26.6 Å². The van der Waals surface area contributed by atoms with Crippen molar-refractivity contribution in [3.63, 3.8) is 0 Å². The fourth-order valence-corrected chi connectivity index (χ4v) is 2.33. The number of carbonyl (C=O) groups is 2. The molecule has 0 spiro atoms. The summed E-state index contributed by atoms with van der Waals surface area (Å²) in [7, 11) is 0. The van der Waals surface area contributed by atoms with Crippen LogP contribution in [0.4, 0.5) is 0 Å². The SMILES string of the molecule is CC(=O)OC(OC(C)=O)c1coc2c(Cl)cc(Cl)cc2c1=O. The maximum Gasteiger partial charge on any atom is 0.305 e. The minimum Gasteiger partial charge on any atom is -0.462 e. The fraction of sp³-hybridized carbons (Fsp3) is 0.214. The lowest BCUT2D eigenvalue weighted by molar-refractivity contribution is -0.186. The Morgan fingerprint density at radius 2 is 1.73 bits per heavy atom. The van der Waals surface area contributed by atoms with Gasteiger partial charge in [0.2, 0.25) is 5.43 Å². The van der Waals surface area contributed by atoms with Crippen molar-refractivity contribution in [1.82, 2.24) is 0 Å². The van der Waals surface area contributed by atoms with Crippen LogP contribution >= 0.6 is 23.2 Å². The maximum absolute atomic E-state index is 12.5. The molecule has 0 fully saturated rings. The van der Waals surface area contributed by atoms with Gasteiger partial charge in [-0.1, -0.05) is 23.2 Å². The molecule has 22 heavy (non-hydrogen) atoms. The second-order valence-electron chi connectivity index (χ2n) is 4.34.